The normalized spacial score (nSPS) is 18.2. The maximum Gasteiger partial charge on any atom is 0.253 e. The number of aliphatic hydroxyl groups is 1. The summed E-state index contributed by atoms with van der Waals surface area (Å²) in [7, 11) is 0. The van der Waals surface area contributed by atoms with E-state index in [1.54, 1.807) is 0 Å². The first kappa shape index (κ1) is 14.1. The standard InChI is InChI=1S/C17H22N2O2/c1-11-12(2)18-15-5-4-13(10-14(11)15)16(20)19-8-6-17(3,21)7-9-19/h4-5,10,18,21H,6-9H2,1-3H3. The highest BCUT2D eigenvalue weighted by Gasteiger charge is 2.30. The number of nitrogens with zero attached hydrogens (tertiary/aromatic N) is 1. The SMILES string of the molecule is Cc1[nH]c2ccc(C(=O)N3CCC(C)(O)CC3)cc2c1C. The van der Waals surface area contributed by atoms with Crippen molar-refractivity contribution < 1.29 is 9.90 Å². The Bertz CT molecular complexity index is 690. The first-order chi connectivity index (χ1) is 9.87. The average Bonchev–Trinajstić information content (AvgIpc) is 2.73. The molecule has 1 fully saturated rings. The van der Waals surface area contributed by atoms with Gasteiger partial charge in [0.25, 0.3) is 5.91 Å². The van der Waals surface area contributed by atoms with E-state index in [-0.39, 0.29) is 5.91 Å². The predicted octanol–water partition coefficient (Wildman–Crippen LogP) is 2.77. The third kappa shape index (κ3) is 2.56. The topological polar surface area (TPSA) is 56.3 Å². The number of piperidine rings is 1. The zero-order chi connectivity index (χ0) is 15.2. The second kappa shape index (κ2) is 4.88. The van der Waals surface area contributed by atoms with Crippen molar-refractivity contribution in [2.24, 2.45) is 0 Å². The molecule has 1 aliphatic rings. The summed E-state index contributed by atoms with van der Waals surface area (Å²) in [5.74, 6) is 0.0608. The summed E-state index contributed by atoms with van der Waals surface area (Å²) in [5.41, 5.74) is 3.51. The summed E-state index contributed by atoms with van der Waals surface area (Å²) < 4.78 is 0. The minimum atomic E-state index is -0.630. The Labute approximate surface area is 124 Å². The van der Waals surface area contributed by atoms with Crippen LogP contribution in [0, 0.1) is 13.8 Å². The highest BCUT2D eigenvalue weighted by atomic mass is 16.3. The summed E-state index contributed by atoms with van der Waals surface area (Å²) in [6.45, 7) is 7.20. The number of fused-ring (bicyclic) bond motifs is 1. The van der Waals surface area contributed by atoms with E-state index in [2.05, 4.69) is 11.9 Å². The van der Waals surface area contributed by atoms with Gasteiger partial charge in [-0.05, 0) is 57.4 Å². The molecule has 1 aromatic carbocycles. The number of benzene rings is 1. The number of aromatic nitrogens is 1. The smallest absolute Gasteiger partial charge is 0.253 e. The molecule has 2 heterocycles. The van der Waals surface area contributed by atoms with Crippen LogP contribution in [-0.4, -0.2) is 39.6 Å². The van der Waals surface area contributed by atoms with Crippen LogP contribution in [0.1, 0.15) is 41.4 Å². The van der Waals surface area contributed by atoms with Crippen LogP contribution in [0.3, 0.4) is 0 Å². The molecule has 1 aromatic heterocycles. The van der Waals surface area contributed by atoms with Gasteiger partial charge in [-0.25, -0.2) is 0 Å². The molecule has 4 heteroatoms. The van der Waals surface area contributed by atoms with Gasteiger partial charge in [0.1, 0.15) is 0 Å². The lowest BCUT2D eigenvalue weighted by atomic mass is 9.93. The predicted molar refractivity (Wildman–Crippen MR) is 83.5 cm³/mol. The van der Waals surface area contributed by atoms with Crippen LogP contribution in [0.4, 0.5) is 0 Å². The lowest BCUT2D eigenvalue weighted by Gasteiger charge is -2.35. The number of likely N-dealkylation sites (tertiary alicyclic amines) is 1. The molecule has 0 aliphatic carbocycles. The van der Waals surface area contributed by atoms with Crippen LogP contribution < -0.4 is 0 Å². The minimum Gasteiger partial charge on any atom is -0.390 e. The Morgan fingerprint density at radius 2 is 1.95 bits per heavy atom. The van der Waals surface area contributed by atoms with Gasteiger partial charge in [-0.2, -0.15) is 0 Å². The van der Waals surface area contributed by atoms with Crippen molar-refractivity contribution in [3.63, 3.8) is 0 Å². The number of hydrogen-bond donors (Lipinski definition) is 2. The fraction of sp³-hybridized carbons (Fsp3) is 0.471. The molecule has 0 saturated carbocycles. The summed E-state index contributed by atoms with van der Waals surface area (Å²) in [6.07, 6.45) is 1.28. The van der Waals surface area contributed by atoms with Gasteiger partial charge in [-0.1, -0.05) is 0 Å². The van der Waals surface area contributed by atoms with Crippen molar-refractivity contribution >= 4 is 16.8 Å². The molecule has 1 amide bonds. The lowest BCUT2D eigenvalue weighted by molar-refractivity contribution is -0.00201. The molecule has 1 aliphatic heterocycles. The van der Waals surface area contributed by atoms with Crippen molar-refractivity contribution in [2.75, 3.05) is 13.1 Å². The Hall–Kier alpha value is -1.81. The maximum absolute atomic E-state index is 12.6. The van der Waals surface area contributed by atoms with Gasteiger partial charge in [0, 0.05) is 35.2 Å². The summed E-state index contributed by atoms with van der Waals surface area (Å²) >= 11 is 0. The fourth-order valence-corrected chi connectivity index (χ4v) is 2.97. The van der Waals surface area contributed by atoms with E-state index in [9.17, 15) is 9.90 Å². The fourth-order valence-electron chi connectivity index (χ4n) is 2.97. The molecule has 0 unspecified atom stereocenters. The van der Waals surface area contributed by atoms with Crippen molar-refractivity contribution in [1.29, 1.82) is 0 Å². The number of H-pyrrole nitrogens is 1. The summed E-state index contributed by atoms with van der Waals surface area (Å²) in [4.78, 5) is 17.8. The van der Waals surface area contributed by atoms with Crippen LogP contribution >= 0.6 is 0 Å². The Kier molecular flexibility index (Phi) is 3.29. The lowest BCUT2D eigenvalue weighted by Crippen LogP contribution is -2.45. The zero-order valence-corrected chi connectivity index (χ0v) is 12.9. The van der Waals surface area contributed by atoms with E-state index in [4.69, 9.17) is 0 Å². The number of carbonyl (C=O) groups is 1. The molecule has 3 rings (SSSR count). The second-order valence-electron chi connectivity index (χ2n) is 6.42. The number of aryl methyl sites for hydroxylation is 2. The minimum absolute atomic E-state index is 0.0608. The molecule has 2 aromatic rings. The Morgan fingerprint density at radius 3 is 2.62 bits per heavy atom. The molecule has 112 valence electrons. The highest BCUT2D eigenvalue weighted by Crippen LogP contribution is 2.25. The van der Waals surface area contributed by atoms with Gasteiger partial charge >= 0.3 is 0 Å². The number of carbonyl (C=O) groups excluding carboxylic acids is 1. The molecule has 0 spiro atoms. The van der Waals surface area contributed by atoms with Crippen molar-refractivity contribution in [3.05, 3.63) is 35.0 Å². The molecule has 0 radical (unpaired) electrons. The molecular formula is C17H22N2O2. The van der Waals surface area contributed by atoms with Gasteiger partial charge in [0.05, 0.1) is 5.60 Å². The van der Waals surface area contributed by atoms with E-state index in [0.717, 1.165) is 22.2 Å². The van der Waals surface area contributed by atoms with Crippen LogP contribution in [-0.2, 0) is 0 Å². The first-order valence-electron chi connectivity index (χ1n) is 7.48. The monoisotopic (exact) mass is 286 g/mol. The highest BCUT2D eigenvalue weighted by molar-refractivity contribution is 5.99. The number of aromatic amines is 1. The number of rotatable bonds is 1. The summed E-state index contributed by atoms with van der Waals surface area (Å²) in [6, 6.07) is 5.83. The molecular weight excluding hydrogens is 264 g/mol. The largest absolute Gasteiger partial charge is 0.390 e. The van der Waals surface area contributed by atoms with Crippen LogP contribution in [0.5, 0.6) is 0 Å². The van der Waals surface area contributed by atoms with Gasteiger partial charge in [-0.3, -0.25) is 4.79 Å². The number of amides is 1. The number of nitrogens with one attached hydrogen (secondary N) is 1. The van der Waals surface area contributed by atoms with E-state index in [1.807, 2.05) is 36.9 Å². The van der Waals surface area contributed by atoms with E-state index in [1.165, 1.54) is 5.56 Å². The Morgan fingerprint density at radius 1 is 1.29 bits per heavy atom. The van der Waals surface area contributed by atoms with E-state index < -0.39 is 5.60 Å². The maximum atomic E-state index is 12.6. The first-order valence-corrected chi connectivity index (χ1v) is 7.48. The van der Waals surface area contributed by atoms with Crippen molar-refractivity contribution in [1.82, 2.24) is 9.88 Å². The second-order valence-corrected chi connectivity index (χ2v) is 6.42. The zero-order valence-electron chi connectivity index (χ0n) is 12.9. The molecule has 1 saturated heterocycles. The molecule has 4 nitrogen and oxygen atoms in total. The van der Waals surface area contributed by atoms with Gasteiger partial charge in [-0.15, -0.1) is 0 Å². The van der Waals surface area contributed by atoms with Gasteiger partial charge in [0.2, 0.25) is 0 Å². The van der Waals surface area contributed by atoms with Gasteiger partial charge in [0.15, 0.2) is 0 Å². The third-order valence-corrected chi connectivity index (χ3v) is 4.68. The number of hydrogen-bond acceptors (Lipinski definition) is 2. The quantitative estimate of drug-likeness (QED) is 0.847. The van der Waals surface area contributed by atoms with E-state index in [0.29, 0.717) is 25.9 Å². The van der Waals surface area contributed by atoms with Crippen molar-refractivity contribution in [3.8, 4) is 0 Å². The van der Waals surface area contributed by atoms with Crippen LogP contribution in [0.15, 0.2) is 18.2 Å². The van der Waals surface area contributed by atoms with E-state index >= 15 is 0 Å². The van der Waals surface area contributed by atoms with Gasteiger partial charge < -0.3 is 15.0 Å². The molecule has 0 atom stereocenters. The summed E-state index contributed by atoms with van der Waals surface area (Å²) in [5, 5.41) is 11.1. The molecule has 21 heavy (non-hydrogen) atoms. The Balaban J connectivity index is 1.86. The van der Waals surface area contributed by atoms with Crippen LogP contribution in [0.2, 0.25) is 0 Å². The van der Waals surface area contributed by atoms with Crippen LogP contribution in [0.25, 0.3) is 10.9 Å². The third-order valence-electron chi connectivity index (χ3n) is 4.68. The van der Waals surface area contributed by atoms with Crippen molar-refractivity contribution in [2.45, 2.75) is 39.2 Å². The molecule has 0 bridgehead atoms. The molecule has 2 N–H and O–H groups in total. The average molecular weight is 286 g/mol.